The Bertz CT molecular complexity index is 648. The molecule has 1 aromatic rings. The Morgan fingerprint density at radius 1 is 1.36 bits per heavy atom. The van der Waals surface area contributed by atoms with Crippen LogP contribution < -0.4 is 9.64 Å². The summed E-state index contributed by atoms with van der Waals surface area (Å²) in [5, 5.41) is 0. The van der Waals surface area contributed by atoms with Gasteiger partial charge < -0.3 is 14.5 Å². The van der Waals surface area contributed by atoms with Gasteiger partial charge in [0.2, 0.25) is 0 Å². The number of rotatable bonds is 5. The molecule has 0 aliphatic carbocycles. The van der Waals surface area contributed by atoms with Crippen LogP contribution in [0.15, 0.2) is 18.2 Å². The first-order chi connectivity index (χ1) is 11.9. The Kier molecular flexibility index (Phi) is 4.96. The van der Waals surface area contributed by atoms with Crippen LogP contribution in [0.4, 0.5) is 10.5 Å². The molecule has 1 amide bonds. The molecule has 2 heterocycles. The molecule has 0 N–H and O–H groups in total. The minimum Gasteiger partial charge on any atom is -0.410 e. The van der Waals surface area contributed by atoms with E-state index in [4.69, 9.17) is 4.74 Å². The summed E-state index contributed by atoms with van der Waals surface area (Å²) in [5.74, 6) is 0.649. The number of nitrogens with zero attached hydrogens (tertiary/aromatic N) is 3. The fourth-order valence-electron chi connectivity index (χ4n) is 4.49. The molecule has 2 aliphatic rings. The average Bonchev–Trinajstić information content (AvgIpc) is 3.00. The number of amides is 1. The molecule has 0 spiro atoms. The number of hydrogen-bond donors (Lipinski definition) is 0. The van der Waals surface area contributed by atoms with Gasteiger partial charge in [0.05, 0.1) is 6.17 Å². The minimum absolute atomic E-state index is 0.0915. The third-order valence-electron chi connectivity index (χ3n) is 5.92. The van der Waals surface area contributed by atoms with Gasteiger partial charge in [0.25, 0.3) is 0 Å². The van der Waals surface area contributed by atoms with E-state index in [0.29, 0.717) is 11.9 Å². The molecule has 0 bridgehead atoms. The lowest BCUT2D eigenvalue weighted by Crippen LogP contribution is -2.45. The van der Waals surface area contributed by atoms with Crippen LogP contribution in [0.25, 0.3) is 0 Å². The number of fused-ring (bicyclic) bond motifs is 3. The summed E-state index contributed by atoms with van der Waals surface area (Å²) in [4.78, 5) is 18.7. The molecular weight excluding hydrogens is 314 g/mol. The van der Waals surface area contributed by atoms with Gasteiger partial charge in [-0.15, -0.1) is 0 Å². The van der Waals surface area contributed by atoms with E-state index in [1.807, 2.05) is 13.1 Å². The fraction of sp³-hybridized carbons (Fsp3) is 0.650. The summed E-state index contributed by atoms with van der Waals surface area (Å²) in [6.07, 6.45) is 4.53. The highest BCUT2D eigenvalue weighted by atomic mass is 16.6. The van der Waals surface area contributed by atoms with Crippen molar-refractivity contribution in [3.05, 3.63) is 23.8 Å². The molecule has 138 valence electrons. The van der Waals surface area contributed by atoms with Gasteiger partial charge in [-0.2, -0.15) is 0 Å². The summed E-state index contributed by atoms with van der Waals surface area (Å²) in [7, 11) is 6.15. The number of ether oxygens (including phenoxy) is 1. The van der Waals surface area contributed by atoms with E-state index in [1.165, 1.54) is 11.3 Å². The summed E-state index contributed by atoms with van der Waals surface area (Å²) in [6, 6.07) is 6.08. The van der Waals surface area contributed by atoms with Gasteiger partial charge in [-0.3, -0.25) is 4.90 Å². The van der Waals surface area contributed by atoms with E-state index < -0.39 is 0 Å². The molecule has 1 fully saturated rings. The SMILES string of the molecule is CCCCCN(C)C(=O)Oc1ccc2c(c1)[C@]1(C)CCN(C)[C@@H]1N2C. The zero-order valence-electron chi connectivity index (χ0n) is 16.2. The zero-order valence-corrected chi connectivity index (χ0v) is 16.2. The second-order valence-electron chi connectivity index (χ2n) is 7.81. The van der Waals surface area contributed by atoms with E-state index in [0.717, 1.165) is 38.8 Å². The third-order valence-corrected chi connectivity index (χ3v) is 5.92. The molecule has 0 aromatic heterocycles. The molecule has 2 aliphatic heterocycles. The maximum absolute atomic E-state index is 12.3. The summed E-state index contributed by atoms with van der Waals surface area (Å²) < 4.78 is 5.64. The van der Waals surface area contributed by atoms with Crippen molar-refractivity contribution in [3.8, 4) is 5.75 Å². The third kappa shape index (κ3) is 3.10. The van der Waals surface area contributed by atoms with Crippen LogP contribution in [-0.4, -0.2) is 56.3 Å². The van der Waals surface area contributed by atoms with Crippen molar-refractivity contribution in [1.29, 1.82) is 0 Å². The van der Waals surface area contributed by atoms with Crippen LogP contribution in [0, 0.1) is 0 Å². The number of anilines is 1. The van der Waals surface area contributed by atoms with Gasteiger partial charge in [-0.25, -0.2) is 4.79 Å². The number of benzene rings is 1. The van der Waals surface area contributed by atoms with Crippen molar-refractivity contribution in [2.75, 3.05) is 39.1 Å². The van der Waals surface area contributed by atoms with Gasteiger partial charge in [-0.1, -0.05) is 26.7 Å². The van der Waals surface area contributed by atoms with E-state index in [9.17, 15) is 4.79 Å². The van der Waals surface area contributed by atoms with Crippen LogP contribution in [0.3, 0.4) is 0 Å². The van der Waals surface area contributed by atoms with Crippen LogP contribution in [0.2, 0.25) is 0 Å². The van der Waals surface area contributed by atoms with Gasteiger partial charge in [0.15, 0.2) is 0 Å². The number of carbonyl (C=O) groups is 1. The Morgan fingerprint density at radius 2 is 2.12 bits per heavy atom. The molecule has 1 aromatic carbocycles. The van der Waals surface area contributed by atoms with Gasteiger partial charge >= 0.3 is 6.09 Å². The van der Waals surface area contributed by atoms with Crippen LogP contribution in [0.5, 0.6) is 5.75 Å². The summed E-state index contributed by atoms with van der Waals surface area (Å²) >= 11 is 0. The zero-order chi connectivity index (χ0) is 18.2. The van der Waals surface area contributed by atoms with Gasteiger partial charge in [0.1, 0.15) is 5.75 Å². The highest BCUT2D eigenvalue weighted by Crippen LogP contribution is 2.51. The number of likely N-dealkylation sites (N-methyl/N-ethyl adjacent to an activating group) is 2. The Morgan fingerprint density at radius 3 is 2.84 bits per heavy atom. The summed E-state index contributed by atoms with van der Waals surface area (Å²) in [5.41, 5.74) is 2.63. The van der Waals surface area contributed by atoms with Crippen molar-refractivity contribution < 1.29 is 9.53 Å². The highest BCUT2D eigenvalue weighted by molar-refractivity contribution is 5.72. The topological polar surface area (TPSA) is 36.0 Å². The highest BCUT2D eigenvalue weighted by Gasteiger charge is 2.52. The molecule has 0 radical (unpaired) electrons. The predicted octanol–water partition coefficient (Wildman–Crippen LogP) is 3.68. The van der Waals surface area contributed by atoms with Crippen molar-refractivity contribution in [2.45, 2.75) is 51.1 Å². The Hall–Kier alpha value is -1.75. The van der Waals surface area contributed by atoms with E-state index in [1.54, 1.807) is 4.90 Å². The van der Waals surface area contributed by atoms with Gasteiger partial charge in [-0.05, 0) is 43.7 Å². The van der Waals surface area contributed by atoms with Crippen molar-refractivity contribution in [2.24, 2.45) is 0 Å². The number of hydrogen-bond acceptors (Lipinski definition) is 4. The monoisotopic (exact) mass is 345 g/mol. The Labute approximate surface area is 151 Å². The maximum atomic E-state index is 12.3. The first kappa shape index (κ1) is 18.1. The molecule has 25 heavy (non-hydrogen) atoms. The minimum atomic E-state index is -0.271. The molecule has 1 saturated heterocycles. The molecule has 5 heteroatoms. The van der Waals surface area contributed by atoms with Crippen molar-refractivity contribution >= 4 is 11.8 Å². The lowest BCUT2D eigenvalue weighted by molar-refractivity contribution is 0.162. The summed E-state index contributed by atoms with van der Waals surface area (Å²) in [6.45, 7) is 6.32. The first-order valence-electron chi connectivity index (χ1n) is 9.39. The molecular formula is C20H31N3O2. The molecule has 5 nitrogen and oxygen atoms in total. The predicted molar refractivity (Wildman–Crippen MR) is 101 cm³/mol. The van der Waals surface area contributed by atoms with Crippen molar-refractivity contribution in [3.63, 3.8) is 0 Å². The smallest absolute Gasteiger partial charge is 0.410 e. The van der Waals surface area contributed by atoms with E-state index in [2.05, 4.69) is 49.9 Å². The second kappa shape index (κ2) is 6.87. The van der Waals surface area contributed by atoms with E-state index >= 15 is 0 Å². The number of unbranched alkanes of at least 4 members (excludes halogenated alkanes) is 2. The lowest BCUT2D eigenvalue weighted by atomic mass is 9.81. The molecule has 2 atom stereocenters. The largest absolute Gasteiger partial charge is 0.414 e. The molecule has 3 rings (SSSR count). The van der Waals surface area contributed by atoms with Crippen LogP contribution in [0.1, 0.15) is 45.1 Å². The number of likely N-dealkylation sites (tertiary alicyclic amines) is 1. The maximum Gasteiger partial charge on any atom is 0.414 e. The second-order valence-corrected chi connectivity index (χ2v) is 7.81. The number of carbonyl (C=O) groups excluding carboxylic acids is 1. The van der Waals surface area contributed by atoms with Crippen LogP contribution >= 0.6 is 0 Å². The quantitative estimate of drug-likeness (QED) is 0.763. The molecule has 0 saturated carbocycles. The normalized spacial score (nSPS) is 25.0. The first-order valence-corrected chi connectivity index (χ1v) is 9.39. The Balaban J connectivity index is 1.75. The van der Waals surface area contributed by atoms with Crippen molar-refractivity contribution in [1.82, 2.24) is 9.80 Å². The standard InChI is InChI=1S/C20H31N3O2/c1-6-7-8-12-22(4)19(24)25-15-9-10-17-16(14-15)20(2)11-13-21(3)18(20)23(17)5/h9-10,14,18H,6-8,11-13H2,1-5H3/t18-,20+/m1/s1. The average molecular weight is 345 g/mol. The van der Waals surface area contributed by atoms with Crippen LogP contribution in [-0.2, 0) is 5.41 Å². The van der Waals surface area contributed by atoms with E-state index in [-0.39, 0.29) is 11.5 Å². The molecule has 0 unspecified atom stereocenters. The lowest BCUT2D eigenvalue weighted by Gasteiger charge is -2.32. The van der Waals surface area contributed by atoms with Gasteiger partial charge in [0, 0.05) is 38.3 Å². The fourth-order valence-corrected chi connectivity index (χ4v) is 4.49.